The van der Waals surface area contributed by atoms with Crippen molar-refractivity contribution >= 4 is 0 Å². The minimum absolute atomic E-state index is 0.430. The number of rotatable bonds is 2. The van der Waals surface area contributed by atoms with Crippen LogP contribution in [-0.2, 0) is 4.74 Å². The molecule has 0 radical (unpaired) electrons. The van der Waals surface area contributed by atoms with Crippen molar-refractivity contribution in [3.8, 4) is 0 Å². The third-order valence-electron chi connectivity index (χ3n) is 4.08. The summed E-state index contributed by atoms with van der Waals surface area (Å²) < 4.78 is 5.68. The van der Waals surface area contributed by atoms with E-state index in [9.17, 15) is 0 Å². The molecule has 0 unspecified atom stereocenters. The number of nitrogens with one attached hydrogen (secondary N) is 1. The van der Waals surface area contributed by atoms with Crippen LogP contribution in [0, 0.1) is 0 Å². The van der Waals surface area contributed by atoms with Gasteiger partial charge in [-0.3, -0.25) is 4.90 Å². The molecule has 0 aromatic rings. The lowest BCUT2D eigenvalue weighted by molar-refractivity contribution is -0.0723. The maximum atomic E-state index is 5.68. The van der Waals surface area contributed by atoms with E-state index in [1.165, 1.54) is 32.4 Å². The van der Waals surface area contributed by atoms with Crippen LogP contribution in [0.4, 0.5) is 0 Å². The molecule has 0 aromatic heterocycles. The molecule has 0 bridgehead atoms. The highest BCUT2D eigenvalue weighted by atomic mass is 16.5. The molecule has 15 heavy (non-hydrogen) atoms. The summed E-state index contributed by atoms with van der Waals surface area (Å²) in [5.74, 6) is 0. The van der Waals surface area contributed by atoms with Gasteiger partial charge in [0.25, 0.3) is 0 Å². The van der Waals surface area contributed by atoms with Crippen molar-refractivity contribution in [2.75, 3.05) is 32.8 Å². The molecule has 0 saturated carbocycles. The molecule has 3 nitrogen and oxygen atoms in total. The molecule has 0 aromatic carbocycles. The zero-order valence-corrected chi connectivity index (χ0v) is 10.1. The zero-order valence-electron chi connectivity index (χ0n) is 10.1. The second-order valence-electron chi connectivity index (χ2n) is 4.95. The predicted octanol–water partition coefficient (Wildman–Crippen LogP) is 1.24. The van der Waals surface area contributed by atoms with Crippen LogP contribution in [0.15, 0.2) is 0 Å². The van der Waals surface area contributed by atoms with Crippen LogP contribution in [-0.4, -0.2) is 49.3 Å². The zero-order chi connectivity index (χ0) is 10.7. The first-order valence-electron chi connectivity index (χ1n) is 6.34. The van der Waals surface area contributed by atoms with Gasteiger partial charge in [0.05, 0.1) is 6.10 Å². The standard InChI is InChI=1S/C12H24N2O/c1-3-12(4-9-15-11(2)10-12)14-7-5-13-6-8-14/h11,13H,3-10H2,1-2H3/t11-,12-/m0/s1. The highest BCUT2D eigenvalue weighted by Crippen LogP contribution is 2.34. The molecule has 0 amide bonds. The van der Waals surface area contributed by atoms with E-state index in [-0.39, 0.29) is 0 Å². The third kappa shape index (κ3) is 2.35. The Balaban J connectivity index is 2.04. The topological polar surface area (TPSA) is 24.5 Å². The van der Waals surface area contributed by atoms with Crippen LogP contribution < -0.4 is 5.32 Å². The van der Waals surface area contributed by atoms with E-state index in [1.807, 2.05) is 0 Å². The first kappa shape index (κ1) is 11.4. The van der Waals surface area contributed by atoms with Gasteiger partial charge in [-0.2, -0.15) is 0 Å². The van der Waals surface area contributed by atoms with Crippen LogP contribution in [0.1, 0.15) is 33.1 Å². The largest absolute Gasteiger partial charge is 0.378 e. The fourth-order valence-corrected chi connectivity index (χ4v) is 3.12. The summed E-state index contributed by atoms with van der Waals surface area (Å²) in [6.07, 6.45) is 4.13. The maximum absolute atomic E-state index is 5.68. The van der Waals surface area contributed by atoms with Gasteiger partial charge in [-0.15, -0.1) is 0 Å². The van der Waals surface area contributed by atoms with E-state index in [0.29, 0.717) is 11.6 Å². The molecule has 2 saturated heterocycles. The molecule has 0 aliphatic carbocycles. The quantitative estimate of drug-likeness (QED) is 0.745. The van der Waals surface area contributed by atoms with E-state index in [1.54, 1.807) is 0 Å². The molecule has 88 valence electrons. The molecule has 0 spiro atoms. The molecule has 2 aliphatic rings. The minimum atomic E-state index is 0.430. The van der Waals surface area contributed by atoms with Gasteiger partial charge in [0.15, 0.2) is 0 Å². The Kier molecular flexibility index (Phi) is 3.65. The van der Waals surface area contributed by atoms with Crippen LogP contribution in [0.25, 0.3) is 0 Å². The second kappa shape index (κ2) is 4.81. The average Bonchev–Trinajstić information content (AvgIpc) is 2.30. The first-order chi connectivity index (χ1) is 7.27. The predicted molar refractivity (Wildman–Crippen MR) is 62.1 cm³/mol. The van der Waals surface area contributed by atoms with Crippen LogP contribution in [0.2, 0.25) is 0 Å². The van der Waals surface area contributed by atoms with Gasteiger partial charge >= 0.3 is 0 Å². The van der Waals surface area contributed by atoms with Crippen molar-refractivity contribution in [3.05, 3.63) is 0 Å². The van der Waals surface area contributed by atoms with Crippen LogP contribution in [0.3, 0.4) is 0 Å². The van der Waals surface area contributed by atoms with Gasteiger partial charge < -0.3 is 10.1 Å². The smallest absolute Gasteiger partial charge is 0.0564 e. The maximum Gasteiger partial charge on any atom is 0.0564 e. The number of hydrogen-bond acceptors (Lipinski definition) is 3. The fraction of sp³-hybridized carbons (Fsp3) is 1.00. The lowest BCUT2D eigenvalue weighted by Gasteiger charge is -2.49. The monoisotopic (exact) mass is 212 g/mol. The number of piperazine rings is 1. The molecule has 2 atom stereocenters. The lowest BCUT2D eigenvalue weighted by atomic mass is 9.82. The van der Waals surface area contributed by atoms with Gasteiger partial charge in [-0.1, -0.05) is 6.92 Å². The number of nitrogens with zero attached hydrogens (tertiary/aromatic N) is 1. The van der Waals surface area contributed by atoms with Crippen molar-refractivity contribution in [1.82, 2.24) is 10.2 Å². The fourth-order valence-electron chi connectivity index (χ4n) is 3.12. The number of hydrogen-bond donors (Lipinski definition) is 1. The van der Waals surface area contributed by atoms with E-state index in [2.05, 4.69) is 24.1 Å². The molecule has 2 aliphatic heterocycles. The van der Waals surface area contributed by atoms with Crippen LogP contribution >= 0.6 is 0 Å². The Labute approximate surface area is 93.2 Å². The van der Waals surface area contributed by atoms with Crippen molar-refractivity contribution < 1.29 is 4.74 Å². The summed E-state index contributed by atoms with van der Waals surface area (Å²) >= 11 is 0. The average molecular weight is 212 g/mol. The summed E-state index contributed by atoms with van der Waals surface area (Å²) in [6.45, 7) is 10.2. The summed E-state index contributed by atoms with van der Waals surface area (Å²) in [7, 11) is 0. The highest BCUT2D eigenvalue weighted by molar-refractivity contribution is 4.95. The molecule has 1 N–H and O–H groups in total. The van der Waals surface area contributed by atoms with Crippen molar-refractivity contribution in [1.29, 1.82) is 0 Å². The summed E-state index contributed by atoms with van der Waals surface area (Å²) in [4.78, 5) is 2.70. The summed E-state index contributed by atoms with van der Waals surface area (Å²) in [5, 5.41) is 3.43. The molecule has 3 heteroatoms. The molecule has 2 rings (SSSR count). The van der Waals surface area contributed by atoms with E-state index in [0.717, 1.165) is 19.7 Å². The van der Waals surface area contributed by atoms with Gasteiger partial charge in [0.2, 0.25) is 0 Å². The Hall–Kier alpha value is -0.120. The van der Waals surface area contributed by atoms with Gasteiger partial charge in [-0.25, -0.2) is 0 Å². The Morgan fingerprint density at radius 2 is 2.13 bits per heavy atom. The summed E-state index contributed by atoms with van der Waals surface area (Å²) in [5.41, 5.74) is 0.430. The molecular weight excluding hydrogens is 188 g/mol. The van der Waals surface area contributed by atoms with E-state index in [4.69, 9.17) is 4.74 Å². The Morgan fingerprint density at radius 3 is 2.73 bits per heavy atom. The summed E-state index contributed by atoms with van der Waals surface area (Å²) in [6, 6.07) is 0. The van der Waals surface area contributed by atoms with Gasteiger partial charge in [0, 0.05) is 38.3 Å². The normalized spacial score (nSPS) is 39.2. The molecule has 2 heterocycles. The lowest BCUT2D eigenvalue weighted by Crippen LogP contribution is -2.59. The van der Waals surface area contributed by atoms with E-state index < -0.39 is 0 Å². The van der Waals surface area contributed by atoms with Crippen molar-refractivity contribution in [3.63, 3.8) is 0 Å². The molecule has 2 fully saturated rings. The highest BCUT2D eigenvalue weighted by Gasteiger charge is 2.39. The van der Waals surface area contributed by atoms with Crippen LogP contribution in [0.5, 0.6) is 0 Å². The number of ether oxygens (including phenoxy) is 1. The van der Waals surface area contributed by atoms with Gasteiger partial charge in [-0.05, 0) is 26.2 Å². The van der Waals surface area contributed by atoms with E-state index >= 15 is 0 Å². The Bertz CT molecular complexity index is 204. The van der Waals surface area contributed by atoms with Crippen molar-refractivity contribution in [2.45, 2.75) is 44.8 Å². The Morgan fingerprint density at radius 1 is 1.40 bits per heavy atom. The molecular formula is C12H24N2O. The SMILES string of the molecule is CC[C@]1(N2CCNCC2)CCO[C@@H](C)C1. The van der Waals surface area contributed by atoms with Gasteiger partial charge in [0.1, 0.15) is 0 Å². The minimum Gasteiger partial charge on any atom is -0.378 e. The second-order valence-corrected chi connectivity index (χ2v) is 4.95. The first-order valence-corrected chi connectivity index (χ1v) is 6.34. The third-order valence-corrected chi connectivity index (χ3v) is 4.08. The van der Waals surface area contributed by atoms with Crippen molar-refractivity contribution in [2.24, 2.45) is 0 Å².